The van der Waals surface area contributed by atoms with Crippen LogP contribution >= 0.6 is 0 Å². The maximum atomic E-state index is 3.38. The Balaban J connectivity index is 1.84. The van der Waals surface area contributed by atoms with Crippen molar-refractivity contribution in [2.75, 3.05) is 20.1 Å². The fraction of sp³-hybridized carbons (Fsp3) is 1.00. The molecule has 0 aromatic heterocycles. The lowest BCUT2D eigenvalue weighted by atomic mass is 9.68. The molecule has 0 radical (unpaired) electrons. The second-order valence-electron chi connectivity index (χ2n) is 4.17. The molecule has 0 aromatic rings. The summed E-state index contributed by atoms with van der Waals surface area (Å²) in [4.78, 5) is 0. The van der Waals surface area contributed by atoms with Crippen LogP contribution < -0.4 is 10.6 Å². The van der Waals surface area contributed by atoms with Crippen LogP contribution in [0.15, 0.2) is 0 Å². The highest BCUT2D eigenvalue weighted by atomic mass is 15.0. The van der Waals surface area contributed by atoms with Crippen molar-refractivity contribution in [3.63, 3.8) is 0 Å². The lowest BCUT2D eigenvalue weighted by Crippen LogP contribution is -2.56. The molecule has 2 nitrogen and oxygen atoms in total. The van der Waals surface area contributed by atoms with Crippen LogP contribution in [0.2, 0.25) is 0 Å². The maximum absolute atomic E-state index is 3.38. The first-order valence-electron chi connectivity index (χ1n) is 4.73. The van der Waals surface area contributed by atoms with Crippen LogP contribution in [0.3, 0.4) is 0 Å². The molecule has 0 unspecified atom stereocenters. The molecule has 64 valence electrons. The molecular formula is C9H18N2. The number of rotatable bonds is 1. The monoisotopic (exact) mass is 154 g/mol. The lowest BCUT2D eigenvalue weighted by molar-refractivity contribution is 0.0929. The minimum atomic E-state index is 0.730. The van der Waals surface area contributed by atoms with Crippen LogP contribution in [0.25, 0.3) is 0 Å². The van der Waals surface area contributed by atoms with E-state index in [9.17, 15) is 0 Å². The Morgan fingerprint density at radius 3 is 2.27 bits per heavy atom. The number of hydrogen-bond acceptors (Lipinski definition) is 2. The van der Waals surface area contributed by atoms with Crippen molar-refractivity contribution in [2.24, 2.45) is 5.41 Å². The third-order valence-electron chi connectivity index (χ3n) is 3.45. The molecule has 0 aromatic carbocycles. The van der Waals surface area contributed by atoms with Gasteiger partial charge in [-0.05, 0) is 38.1 Å². The van der Waals surface area contributed by atoms with Crippen molar-refractivity contribution in [3.05, 3.63) is 0 Å². The van der Waals surface area contributed by atoms with Crippen LogP contribution in [0.4, 0.5) is 0 Å². The topological polar surface area (TPSA) is 24.1 Å². The summed E-state index contributed by atoms with van der Waals surface area (Å²) in [6.07, 6.45) is 5.65. The summed E-state index contributed by atoms with van der Waals surface area (Å²) >= 11 is 0. The fourth-order valence-corrected chi connectivity index (χ4v) is 2.35. The molecule has 1 aliphatic heterocycles. The number of hydrogen-bond donors (Lipinski definition) is 2. The first kappa shape index (κ1) is 7.56. The molecule has 0 amide bonds. The SMILES string of the molecule is CNC1CCC2(CC1)CNC2. The molecule has 11 heavy (non-hydrogen) atoms. The van der Waals surface area contributed by atoms with Crippen molar-refractivity contribution in [2.45, 2.75) is 31.7 Å². The van der Waals surface area contributed by atoms with E-state index >= 15 is 0 Å². The summed E-state index contributed by atoms with van der Waals surface area (Å²) in [5.74, 6) is 0. The van der Waals surface area contributed by atoms with Gasteiger partial charge in [-0.15, -0.1) is 0 Å². The summed E-state index contributed by atoms with van der Waals surface area (Å²) in [6.45, 7) is 2.56. The molecule has 1 heterocycles. The minimum Gasteiger partial charge on any atom is -0.317 e. The Morgan fingerprint density at radius 2 is 1.91 bits per heavy atom. The molecule has 1 spiro atoms. The van der Waals surface area contributed by atoms with Crippen molar-refractivity contribution in [3.8, 4) is 0 Å². The van der Waals surface area contributed by atoms with E-state index in [0.717, 1.165) is 11.5 Å². The van der Waals surface area contributed by atoms with E-state index in [1.54, 1.807) is 0 Å². The molecular weight excluding hydrogens is 136 g/mol. The molecule has 0 atom stereocenters. The van der Waals surface area contributed by atoms with E-state index in [1.165, 1.54) is 38.8 Å². The summed E-state index contributed by atoms with van der Waals surface area (Å²) < 4.78 is 0. The van der Waals surface area contributed by atoms with E-state index in [4.69, 9.17) is 0 Å². The zero-order valence-electron chi connectivity index (χ0n) is 7.32. The predicted molar refractivity (Wildman–Crippen MR) is 46.6 cm³/mol. The van der Waals surface area contributed by atoms with E-state index in [1.807, 2.05) is 0 Å². The summed E-state index contributed by atoms with van der Waals surface area (Å²) in [5.41, 5.74) is 0.730. The molecule has 2 rings (SSSR count). The summed E-state index contributed by atoms with van der Waals surface area (Å²) in [6, 6.07) is 0.807. The second kappa shape index (κ2) is 2.76. The third kappa shape index (κ3) is 1.30. The fourth-order valence-electron chi connectivity index (χ4n) is 2.35. The highest BCUT2D eigenvalue weighted by Gasteiger charge is 2.39. The molecule has 2 N–H and O–H groups in total. The second-order valence-corrected chi connectivity index (χ2v) is 4.17. The van der Waals surface area contributed by atoms with E-state index in [0.29, 0.717) is 0 Å². The first-order chi connectivity index (χ1) is 5.35. The van der Waals surface area contributed by atoms with E-state index < -0.39 is 0 Å². The van der Waals surface area contributed by atoms with Gasteiger partial charge in [0.1, 0.15) is 0 Å². The molecule has 1 saturated heterocycles. The zero-order chi connectivity index (χ0) is 7.73. The third-order valence-corrected chi connectivity index (χ3v) is 3.45. The standard InChI is InChI=1S/C9H18N2/c1-10-8-2-4-9(5-3-8)6-11-7-9/h8,10-11H,2-7H2,1H3. The van der Waals surface area contributed by atoms with Crippen LogP contribution in [0, 0.1) is 5.41 Å². The summed E-state index contributed by atoms with van der Waals surface area (Å²) in [5, 5.41) is 6.75. The lowest BCUT2D eigenvalue weighted by Gasteiger charge is -2.47. The van der Waals surface area contributed by atoms with Gasteiger partial charge in [0.25, 0.3) is 0 Å². The first-order valence-corrected chi connectivity index (χ1v) is 4.73. The van der Waals surface area contributed by atoms with Gasteiger partial charge in [0.15, 0.2) is 0 Å². The normalized spacial score (nSPS) is 30.3. The van der Waals surface area contributed by atoms with E-state index in [2.05, 4.69) is 17.7 Å². The minimum absolute atomic E-state index is 0.730. The summed E-state index contributed by atoms with van der Waals surface area (Å²) in [7, 11) is 2.09. The molecule has 2 aliphatic rings. The van der Waals surface area contributed by atoms with E-state index in [-0.39, 0.29) is 0 Å². The average molecular weight is 154 g/mol. The van der Waals surface area contributed by atoms with Crippen molar-refractivity contribution in [1.29, 1.82) is 0 Å². The Morgan fingerprint density at radius 1 is 1.27 bits per heavy atom. The van der Waals surface area contributed by atoms with Gasteiger partial charge in [0, 0.05) is 19.1 Å². The van der Waals surface area contributed by atoms with Gasteiger partial charge in [-0.3, -0.25) is 0 Å². The van der Waals surface area contributed by atoms with Crippen LogP contribution in [-0.2, 0) is 0 Å². The Labute approximate surface area is 68.7 Å². The van der Waals surface area contributed by atoms with Gasteiger partial charge in [0.05, 0.1) is 0 Å². The molecule has 0 bridgehead atoms. The average Bonchev–Trinajstić information content (AvgIpc) is 2.02. The van der Waals surface area contributed by atoms with Crippen molar-refractivity contribution in [1.82, 2.24) is 10.6 Å². The van der Waals surface area contributed by atoms with Gasteiger partial charge >= 0.3 is 0 Å². The molecule has 2 heteroatoms. The van der Waals surface area contributed by atoms with Gasteiger partial charge in [-0.25, -0.2) is 0 Å². The highest BCUT2D eigenvalue weighted by molar-refractivity contribution is 4.96. The van der Waals surface area contributed by atoms with Crippen molar-refractivity contribution < 1.29 is 0 Å². The van der Waals surface area contributed by atoms with Gasteiger partial charge in [-0.1, -0.05) is 0 Å². The predicted octanol–water partition coefficient (Wildman–Crippen LogP) is 0.738. The Bertz CT molecular complexity index is 130. The van der Waals surface area contributed by atoms with Crippen LogP contribution in [0.5, 0.6) is 0 Å². The molecule has 1 aliphatic carbocycles. The molecule has 2 fully saturated rings. The van der Waals surface area contributed by atoms with Crippen LogP contribution in [-0.4, -0.2) is 26.2 Å². The van der Waals surface area contributed by atoms with Gasteiger partial charge < -0.3 is 10.6 Å². The maximum Gasteiger partial charge on any atom is 0.00645 e. The quantitative estimate of drug-likeness (QED) is 0.582. The van der Waals surface area contributed by atoms with Gasteiger partial charge in [0.2, 0.25) is 0 Å². The Hall–Kier alpha value is -0.0800. The van der Waals surface area contributed by atoms with Gasteiger partial charge in [-0.2, -0.15) is 0 Å². The molecule has 1 saturated carbocycles. The number of nitrogens with one attached hydrogen (secondary N) is 2. The Kier molecular flexibility index (Phi) is 1.90. The van der Waals surface area contributed by atoms with Crippen molar-refractivity contribution >= 4 is 0 Å². The largest absolute Gasteiger partial charge is 0.317 e. The zero-order valence-corrected chi connectivity index (χ0v) is 7.32. The van der Waals surface area contributed by atoms with Crippen LogP contribution in [0.1, 0.15) is 25.7 Å². The smallest absolute Gasteiger partial charge is 0.00645 e. The highest BCUT2D eigenvalue weighted by Crippen LogP contribution is 2.39.